The lowest BCUT2D eigenvalue weighted by Crippen LogP contribution is -2.60. The van der Waals surface area contributed by atoms with Gasteiger partial charge in [-0.15, -0.1) is 0 Å². The Balaban J connectivity index is 1.65. The number of halogens is 4. The Hall–Kier alpha value is -3.31. The van der Waals surface area contributed by atoms with Crippen molar-refractivity contribution >= 4 is 5.91 Å². The Bertz CT molecular complexity index is 1360. The zero-order chi connectivity index (χ0) is 27.4. The molecule has 2 saturated heterocycles. The van der Waals surface area contributed by atoms with Crippen LogP contribution in [-0.4, -0.2) is 62.1 Å². The molecule has 0 spiro atoms. The molecule has 202 valence electrons. The van der Waals surface area contributed by atoms with Crippen molar-refractivity contribution in [2.24, 2.45) is 11.3 Å². The largest absolute Gasteiger partial charge is 0.382 e. The van der Waals surface area contributed by atoms with E-state index in [1.165, 1.54) is 27.8 Å². The number of piperidine rings is 1. The Morgan fingerprint density at radius 1 is 1.13 bits per heavy atom. The highest BCUT2D eigenvalue weighted by Gasteiger charge is 2.52. The number of aromatic nitrogens is 3. The number of hydrogen-bond acceptors (Lipinski definition) is 5. The molecule has 3 heterocycles. The van der Waals surface area contributed by atoms with Crippen molar-refractivity contribution < 1.29 is 27.5 Å². The third kappa shape index (κ3) is 4.80. The minimum Gasteiger partial charge on any atom is -0.382 e. The molecule has 2 aromatic carbocycles. The van der Waals surface area contributed by atoms with Crippen molar-refractivity contribution in [2.45, 2.75) is 51.7 Å². The van der Waals surface area contributed by atoms with Gasteiger partial charge in [0.05, 0.1) is 18.2 Å². The van der Waals surface area contributed by atoms with Crippen molar-refractivity contribution in [3.8, 4) is 11.4 Å². The molecule has 2 fully saturated rings. The first-order valence-electron chi connectivity index (χ1n) is 12.4. The molecule has 0 aliphatic carbocycles. The van der Waals surface area contributed by atoms with Gasteiger partial charge in [0, 0.05) is 25.0 Å². The SMILES string of the molecule is CC(C)(C)[C@H](c1nc(-c2cc(F)ccc2F)nn1Cc1cccc(F)c1)N1C[C@@H]2C(NC[C@@H]2F)[C@H](O)C1=O. The van der Waals surface area contributed by atoms with E-state index in [0.717, 1.165) is 18.2 Å². The molecule has 2 aliphatic heterocycles. The number of aliphatic hydroxyl groups excluding tert-OH is 1. The molecule has 0 radical (unpaired) electrons. The lowest BCUT2D eigenvalue weighted by atomic mass is 9.81. The van der Waals surface area contributed by atoms with Gasteiger partial charge in [0.1, 0.15) is 29.7 Å². The van der Waals surface area contributed by atoms with Crippen LogP contribution in [0.5, 0.6) is 0 Å². The summed E-state index contributed by atoms with van der Waals surface area (Å²) in [5.41, 5.74) is -0.348. The molecular formula is C27H29F4N5O2. The van der Waals surface area contributed by atoms with Gasteiger partial charge in [0.2, 0.25) is 0 Å². The Kier molecular flexibility index (Phi) is 6.77. The second kappa shape index (κ2) is 9.77. The van der Waals surface area contributed by atoms with Gasteiger partial charge < -0.3 is 15.3 Å². The van der Waals surface area contributed by atoms with Crippen LogP contribution in [0.2, 0.25) is 0 Å². The monoisotopic (exact) mass is 531 g/mol. The molecule has 2 N–H and O–H groups in total. The minimum atomic E-state index is -1.46. The molecule has 0 bridgehead atoms. The fraction of sp³-hybridized carbons (Fsp3) is 0.444. The standard InChI is InChI=1S/C27H29F4N5O2/c1-27(2,3)23(35-13-18-20(31)11-32-21(18)22(37)26(35)38)25-33-24(17-10-16(29)7-8-19(17)30)34-36(25)12-14-5-4-6-15(28)9-14/h4-10,18,20-23,32,37H,11-13H2,1-3H3/t18-,20-,21?,22-,23-/m0/s1. The second-order valence-corrected chi connectivity index (χ2v) is 11.0. The number of carbonyl (C=O) groups excluding carboxylic acids is 1. The van der Waals surface area contributed by atoms with E-state index in [-0.39, 0.29) is 36.8 Å². The van der Waals surface area contributed by atoms with E-state index in [2.05, 4.69) is 15.4 Å². The summed E-state index contributed by atoms with van der Waals surface area (Å²) in [6.45, 7) is 5.64. The average molecular weight is 532 g/mol. The third-order valence-electron chi connectivity index (χ3n) is 7.23. The predicted octanol–water partition coefficient (Wildman–Crippen LogP) is 3.63. The summed E-state index contributed by atoms with van der Waals surface area (Å²) in [4.78, 5) is 19.4. The summed E-state index contributed by atoms with van der Waals surface area (Å²) < 4.78 is 58.9. The first-order chi connectivity index (χ1) is 17.9. The van der Waals surface area contributed by atoms with E-state index in [4.69, 9.17) is 0 Å². The fourth-order valence-corrected chi connectivity index (χ4v) is 5.48. The zero-order valence-corrected chi connectivity index (χ0v) is 21.2. The second-order valence-electron chi connectivity index (χ2n) is 11.0. The van der Waals surface area contributed by atoms with Gasteiger partial charge in [-0.2, -0.15) is 5.10 Å². The number of hydrogen-bond donors (Lipinski definition) is 2. The normalized spacial score (nSPS) is 24.5. The van der Waals surface area contributed by atoms with Crippen molar-refractivity contribution in [3.63, 3.8) is 0 Å². The van der Waals surface area contributed by atoms with E-state index in [0.29, 0.717) is 5.56 Å². The Morgan fingerprint density at radius 3 is 2.58 bits per heavy atom. The number of nitrogens with one attached hydrogen (secondary N) is 1. The van der Waals surface area contributed by atoms with Crippen molar-refractivity contribution in [3.05, 3.63) is 71.3 Å². The van der Waals surface area contributed by atoms with Crippen molar-refractivity contribution in [1.82, 2.24) is 25.0 Å². The lowest BCUT2D eigenvalue weighted by Gasteiger charge is -2.46. The molecule has 5 rings (SSSR count). The molecule has 11 heteroatoms. The van der Waals surface area contributed by atoms with Crippen LogP contribution in [0, 0.1) is 28.8 Å². The molecule has 1 amide bonds. The molecular weight excluding hydrogens is 502 g/mol. The minimum absolute atomic E-state index is 0.0210. The van der Waals surface area contributed by atoms with Gasteiger partial charge in [-0.05, 0) is 41.3 Å². The number of rotatable bonds is 5. The van der Waals surface area contributed by atoms with Crippen LogP contribution in [0.3, 0.4) is 0 Å². The van der Waals surface area contributed by atoms with Crippen LogP contribution in [-0.2, 0) is 11.3 Å². The number of fused-ring (bicyclic) bond motifs is 1. The van der Waals surface area contributed by atoms with Crippen LogP contribution in [0.25, 0.3) is 11.4 Å². The highest BCUT2D eigenvalue weighted by atomic mass is 19.1. The number of alkyl halides is 1. The summed E-state index contributed by atoms with van der Waals surface area (Å²) in [6, 6.07) is 7.23. The number of amides is 1. The van der Waals surface area contributed by atoms with Gasteiger partial charge in [-0.25, -0.2) is 27.2 Å². The molecule has 7 nitrogen and oxygen atoms in total. The number of benzene rings is 2. The number of carbonyl (C=O) groups is 1. The summed E-state index contributed by atoms with van der Waals surface area (Å²) >= 11 is 0. The summed E-state index contributed by atoms with van der Waals surface area (Å²) in [5.74, 6) is -3.00. The molecule has 1 aromatic heterocycles. The number of likely N-dealkylation sites (tertiary alicyclic amines) is 1. The summed E-state index contributed by atoms with van der Waals surface area (Å²) in [7, 11) is 0. The van der Waals surface area contributed by atoms with Crippen molar-refractivity contribution in [2.75, 3.05) is 13.1 Å². The Morgan fingerprint density at radius 2 is 1.87 bits per heavy atom. The topological polar surface area (TPSA) is 83.3 Å². The molecule has 5 atom stereocenters. The predicted molar refractivity (Wildman–Crippen MR) is 131 cm³/mol. The Labute approximate surface area is 217 Å². The molecule has 0 saturated carbocycles. The van der Waals surface area contributed by atoms with Crippen LogP contribution >= 0.6 is 0 Å². The molecule has 38 heavy (non-hydrogen) atoms. The van der Waals surface area contributed by atoms with Crippen LogP contribution < -0.4 is 5.32 Å². The number of nitrogens with zero attached hydrogens (tertiary/aromatic N) is 4. The fourth-order valence-electron chi connectivity index (χ4n) is 5.48. The highest BCUT2D eigenvalue weighted by molar-refractivity contribution is 5.83. The molecule has 1 unspecified atom stereocenters. The summed E-state index contributed by atoms with van der Waals surface area (Å²) in [5, 5.41) is 18.1. The quantitative estimate of drug-likeness (QED) is 0.492. The zero-order valence-electron chi connectivity index (χ0n) is 21.2. The molecule has 2 aliphatic rings. The van der Waals surface area contributed by atoms with E-state index in [1.54, 1.807) is 6.07 Å². The maximum Gasteiger partial charge on any atom is 0.253 e. The van der Waals surface area contributed by atoms with Crippen LogP contribution in [0.1, 0.15) is 38.2 Å². The van der Waals surface area contributed by atoms with Gasteiger partial charge in [-0.3, -0.25) is 4.79 Å². The van der Waals surface area contributed by atoms with E-state index in [9.17, 15) is 27.5 Å². The maximum atomic E-state index is 14.8. The van der Waals surface area contributed by atoms with Gasteiger partial charge in [0.25, 0.3) is 5.91 Å². The van der Waals surface area contributed by atoms with E-state index >= 15 is 0 Å². The van der Waals surface area contributed by atoms with Crippen molar-refractivity contribution in [1.29, 1.82) is 0 Å². The average Bonchev–Trinajstić information content (AvgIpc) is 3.41. The van der Waals surface area contributed by atoms with E-state index in [1.807, 2.05) is 20.8 Å². The lowest BCUT2D eigenvalue weighted by molar-refractivity contribution is -0.155. The highest BCUT2D eigenvalue weighted by Crippen LogP contribution is 2.42. The third-order valence-corrected chi connectivity index (χ3v) is 7.23. The smallest absolute Gasteiger partial charge is 0.253 e. The first kappa shape index (κ1) is 26.3. The van der Waals surface area contributed by atoms with Crippen LogP contribution in [0.15, 0.2) is 42.5 Å². The summed E-state index contributed by atoms with van der Waals surface area (Å²) in [6.07, 6.45) is -2.72. The maximum absolute atomic E-state index is 14.8. The van der Waals surface area contributed by atoms with Gasteiger partial charge in [0.15, 0.2) is 11.6 Å². The van der Waals surface area contributed by atoms with Gasteiger partial charge >= 0.3 is 0 Å². The number of aliphatic hydroxyl groups is 1. The van der Waals surface area contributed by atoms with Crippen LogP contribution in [0.4, 0.5) is 17.6 Å². The van der Waals surface area contributed by atoms with E-state index < -0.39 is 59.1 Å². The van der Waals surface area contributed by atoms with Gasteiger partial charge in [-0.1, -0.05) is 32.9 Å². The first-order valence-corrected chi connectivity index (χ1v) is 12.4. The molecule has 3 aromatic rings.